The van der Waals surface area contributed by atoms with Crippen LogP contribution in [0.2, 0.25) is 0 Å². The second-order valence-electron chi connectivity index (χ2n) is 6.49. The topological polar surface area (TPSA) is 54.5 Å². The van der Waals surface area contributed by atoms with E-state index < -0.39 is 43.5 Å². The number of alkyl halides is 2. The van der Waals surface area contributed by atoms with Gasteiger partial charge in [0, 0.05) is 19.2 Å². The van der Waals surface area contributed by atoms with Crippen LogP contribution in [0, 0.1) is 5.82 Å². The molecule has 2 aromatic carbocycles. The Balaban J connectivity index is 2.08. The van der Waals surface area contributed by atoms with E-state index in [-0.39, 0.29) is 11.3 Å². The van der Waals surface area contributed by atoms with Crippen LogP contribution in [0.4, 0.5) is 18.9 Å². The maximum absolute atomic E-state index is 14.8. The molecule has 0 radical (unpaired) electrons. The summed E-state index contributed by atoms with van der Waals surface area (Å²) in [6, 6.07) is 9.76. The molecule has 1 heterocycles. The number of carbonyl (C=O) groups excluding carboxylic acids is 1. The van der Waals surface area contributed by atoms with Gasteiger partial charge in [-0.25, -0.2) is 12.8 Å². The third kappa shape index (κ3) is 2.59. The van der Waals surface area contributed by atoms with Gasteiger partial charge in [0.1, 0.15) is 5.82 Å². The summed E-state index contributed by atoms with van der Waals surface area (Å²) >= 11 is 0. The summed E-state index contributed by atoms with van der Waals surface area (Å²) in [6.45, 7) is 1.21. The molecule has 1 aliphatic heterocycles. The molecule has 1 amide bonds. The molecule has 0 spiro atoms. The third-order valence-electron chi connectivity index (χ3n) is 4.70. The van der Waals surface area contributed by atoms with E-state index in [0.29, 0.717) is 0 Å². The smallest absolute Gasteiger partial charge is 0.314 e. The lowest BCUT2D eigenvalue weighted by Gasteiger charge is -2.28. The largest absolute Gasteiger partial charge is 0.351 e. The van der Waals surface area contributed by atoms with Crippen molar-refractivity contribution in [1.82, 2.24) is 0 Å². The third-order valence-corrected chi connectivity index (χ3v) is 6.52. The molecule has 0 N–H and O–H groups in total. The highest BCUT2D eigenvalue weighted by Gasteiger charge is 2.57. The van der Waals surface area contributed by atoms with Crippen molar-refractivity contribution in [2.24, 2.45) is 0 Å². The van der Waals surface area contributed by atoms with Crippen LogP contribution in [0.25, 0.3) is 0 Å². The zero-order valence-corrected chi connectivity index (χ0v) is 14.9. The molecule has 2 aromatic rings. The number of sulfone groups is 1. The highest BCUT2D eigenvalue weighted by atomic mass is 32.2. The van der Waals surface area contributed by atoms with Gasteiger partial charge in [0.2, 0.25) is 15.7 Å². The lowest BCUT2D eigenvalue weighted by molar-refractivity contribution is -0.124. The fraction of sp³-hybridized carbons (Fsp3) is 0.278. The maximum atomic E-state index is 14.8. The van der Waals surface area contributed by atoms with Crippen LogP contribution in [0.3, 0.4) is 0 Å². The first-order valence-corrected chi connectivity index (χ1v) is 9.25. The molecule has 0 aromatic heterocycles. The van der Waals surface area contributed by atoms with Crippen molar-refractivity contribution in [3.05, 3.63) is 59.9 Å². The summed E-state index contributed by atoms with van der Waals surface area (Å²) in [5, 5.41) is -4.21. The molecular weight excluding hydrogens is 367 g/mol. The van der Waals surface area contributed by atoms with Crippen LogP contribution in [0.1, 0.15) is 18.9 Å². The molecule has 0 saturated carbocycles. The predicted octanol–water partition coefficient (Wildman–Crippen LogP) is 3.52. The van der Waals surface area contributed by atoms with Gasteiger partial charge < -0.3 is 4.90 Å². The molecule has 4 nitrogen and oxygen atoms in total. The summed E-state index contributed by atoms with van der Waals surface area (Å²) in [5.74, 6) is -1.40. The van der Waals surface area contributed by atoms with Crippen LogP contribution < -0.4 is 4.90 Å². The number of likely N-dealkylation sites (N-methyl/N-ethyl adjacent to an activating group) is 1. The van der Waals surface area contributed by atoms with Crippen LogP contribution >= 0.6 is 0 Å². The lowest BCUT2D eigenvalue weighted by Crippen LogP contribution is -2.43. The van der Waals surface area contributed by atoms with E-state index >= 15 is 0 Å². The minimum atomic E-state index is -5.02. The number of rotatable bonds is 4. The molecule has 0 aliphatic carbocycles. The molecule has 0 bridgehead atoms. The number of amides is 1. The first-order valence-electron chi connectivity index (χ1n) is 7.76. The second-order valence-corrected chi connectivity index (χ2v) is 8.56. The number of nitrogens with zero attached hydrogens (tertiary/aromatic N) is 1. The minimum Gasteiger partial charge on any atom is -0.314 e. The average molecular weight is 383 g/mol. The van der Waals surface area contributed by atoms with Crippen molar-refractivity contribution in [3.8, 4) is 0 Å². The van der Waals surface area contributed by atoms with E-state index in [1.165, 1.54) is 38.2 Å². The number of hydrogen-bond acceptors (Lipinski definition) is 3. The Kier molecular flexibility index (Phi) is 4.14. The van der Waals surface area contributed by atoms with Crippen molar-refractivity contribution < 1.29 is 26.4 Å². The van der Waals surface area contributed by atoms with E-state index in [1.807, 2.05) is 0 Å². The lowest BCUT2D eigenvalue weighted by atomic mass is 9.80. The van der Waals surface area contributed by atoms with Crippen molar-refractivity contribution in [2.75, 3.05) is 11.9 Å². The predicted molar refractivity (Wildman–Crippen MR) is 90.4 cm³/mol. The van der Waals surface area contributed by atoms with Gasteiger partial charge >= 0.3 is 5.25 Å². The number of hydrogen-bond donors (Lipinski definition) is 0. The van der Waals surface area contributed by atoms with Gasteiger partial charge in [-0.2, -0.15) is 8.78 Å². The maximum Gasteiger partial charge on any atom is 0.351 e. The summed E-state index contributed by atoms with van der Waals surface area (Å²) in [7, 11) is -3.63. The number of anilines is 1. The zero-order valence-electron chi connectivity index (χ0n) is 14.0. The molecular formula is C18H16F3NO3S. The Morgan fingerprint density at radius 2 is 1.73 bits per heavy atom. The Bertz CT molecular complexity index is 976. The molecule has 1 atom stereocenters. The summed E-state index contributed by atoms with van der Waals surface area (Å²) in [4.78, 5) is 13.2. The zero-order chi connectivity index (χ0) is 19.3. The highest BCUT2D eigenvalue weighted by Crippen LogP contribution is 2.48. The van der Waals surface area contributed by atoms with Crippen LogP contribution in [0.15, 0.2) is 53.4 Å². The van der Waals surface area contributed by atoms with Crippen molar-refractivity contribution in [2.45, 2.75) is 28.9 Å². The molecule has 0 fully saturated rings. The van der Waals surface area contributed by atoms with E-state index in [0.717, 1.165) is 29.2 Å². The van der Waals surface area contributed by atoms with Crippen LogP contribution in [-0.4, -0.2) is 26.6 Å². The summed E-state index contributed by atoms with van der Waals surface area (Å²) < 4.78 is 68.1. The van der Waals surface area contributed by atoms with E-state index in [9.17, 15) is 26.4 Å². The highest BCUT2D eigenvalue weighted by molar-refractivity contribution is 7.92. The van der Waals surface area contributed by atoms with Gasteiger partial charge in [0.05, 0.1) is 10.3 Å². The van der Waals surface area contributed by atoms with Gasteiger partial charge in [0.25, 0.3) is 0 Å². The quantitative estimate of drug-likeness (QED) is 0.812. The fourth-order valence-electron chi connectivity index (χ4n) is 3.29. The Hall–Kier alpha value is -2.35. The molecule has 3 rings (SSSR count). The molecule has 138 valence electrons. The van der Waals surface area contributed by atoms with Crippen molar-refractivity contribution >= 4 is 21.4 Å². The number of halogens is 3. The average Bonchev–Trinajstić information content (AvgIpc) is 2.76. The van der Waals surface area contributed by atoms with Gasteiger partial charge in [-0.1, -0.05) is 18.2 Å². The first kappa shape index (κ1) is 18.4. The van der Waals surface area contributed by atoms with Crippen LogP contribution in [0.5, 0.6) is 0 Å². The Morgan fingerprint density at radius 3 is 2.35 bits per heavy atom. The molecule has 8 heteroatoms. The minimum absolute atomic E-state index is 0.0490. The van der Waals surface area contributed by atoms with Gasteiger partial charge in [-0.15, -0.1) is 0 Å². The Morgan fingerprint density at radius 1 is 1.12 bits per heavy atom. The SMILES string of the molecule is CN1C(=O)C(C)(CC(F)(F)S(=O)(=O)c2ccccc2)c2cc(F)ccc21. The fourth-order valence-corrected chi connectivity index (χ4v) is 4.63. The molecule has 1 aliphatic rings. The van der Waals surface area contributed by atoms with Gasteiger partial charge in [-0.3, -0.25) is 4.79 Å². The van der Waals surface area contributed by atoms with Gasteiger partial charge in [-0.05, 0) is 42.8 Å². The van der Waals surface area contributed by atoms with Gasteiger partial charge in [0.15, 0.2) is 0 Å². The molecule has 1 unspecified atom stereocenters. The standard InChI is InChI=1S/C18H16F3NO3S/c1-17(14-10-12(19)8-9-15(14)22(2)16(17)23)11-18(20,21)26(24,25)13-6-4-3-5-7-13/h3-10H,11H2,1-2H3. The molecule has 26 heavy (non-hydrogen) atoms. The van der Waals surface area contributed by atoms with Crippen LogP contribution in [-0.2, 0) is 20.0 Å². The summed E-state index contributed by atoms with van der Waals surface area (Å²) in [5.41, 5.74) is -1.53. The second kappa shape index (κ2) is 5.84. The molecule has 0 saturated heterocycles. The van der Waals surface area contributed by atoms with Crippen molar-refractivity contribution in [1.29, 1.82) is 0 Å². The number of fused-ring (bicyclic) bond motifs is 1. The normalized spacial score (nSPS) is 20.3. The summed E-state index contributed by atoms with van der Waals surface area (Å²) in [6.07, 6.45) is -1.28. The number of carbonyl (C=O) groups is 1. The van der Waals surface area contributed by atoms with E-state index in [1.54, 1.807) is 0 Å². The first-order chi connectivity index (χ1) is 12.0. The van der Waals surface area contributed by atoms with Crippen molar-refractivity contribution in [3.63, 3.8) is 0 Å². The van der Waals surface area contributed by atoms with E-state index in [4.69, 9.17) is 0 Å². The number of benzene rings is 2. The van der Waals surface area contributed by atoms with E-state index in [2.05, 4.69) is 0 Å². The monoisotopic (exact) mass is 383 g/mol. The Labute approximate surface area is 149 Å².